The maximum atomic E-state index is 12.0. The normalized spacial score (nSPS) is 12.0. The van der Waals surface area contributed by atoms with Crippen molar-refractivity contribution >= 4 is 23.1 Å². The van der Waals surface area contributed by atoms with Crippen LogP contribution in [0, 0.1) is 13.8 Å². The summed E-state index contributed by atoms with van der Waals surface area (Å²) >= 11 is 1.60. The maximum absolute atomic E-state index is 12.0. The number of amides is 2. The number of nitrogens with one attached hydrogen (secondary N) is 2. The Hall–Kier alpha value is -1.92. The molecule has 1 aromatic heterocycles. The lowest BCUT2D eigenvalue weighted by molar-refractivity contribution is 0.119. The van der Waals surface area contributed by atoms with Crippen LogP contribution in [-0.2, 0) is 11.3 Å². The molecule has 0 spiro atoms. The van der Waals surface area contributed by atoms with E-state index in [0.717, 1.165) is 26.8 Å². The quantitative estimate of drug-likeness (QED) is 0.881. The fourth-order valence-corrected chi connectivity index (χ4v) is 2.96. The summed E-state index contributed by atoms with van der Waals surface area (Å²) in [6, 6.07) is 7.41. The summed E-state index contributed by atoms with van der Waals surface area (Å²) in [5, 5.41) is 6.70. The molecule has 0 aliphatic carbocycles. The summed E-state index contributed by atoms with van der Waals surface area (Å²) in [6.45, 7) is 6.36. The highest BCUT2D eigenvalue weighted by atomic mass is 32.1. The van der Waals surface area contributed by atoms with Gasteiger partial charge in [-0.3, -0.25) is 0 Å². The Morgan fingerprint density at radius 1 is 1.41 bits per heavy atom. The molecule has 6 heteroatoms. The molecule has 2 amide bonds. The molecule has 2 aromatic rings. The highest BCUT2D eigenvalue weighted by Gasteiger charge is 2.08. The first-order valence-corrected chi connectivity index (χ1v) is 7.91. The van der Waals surface area contributed by atoms with Gasteiger partial charge in [-0.25, -0.2) is 9.78 Å². The lowest BCUT2D eigenvalue weighted by Crippen LogP contribution is -2.28. The number of nitrogens with zero attached hydrogens (tertiary/aromatic N) is 1. The molecule has 0 saturated carbocycles. The molecule has 0 radical (unpaired) electrons. The molecule has 0 saturated heterocycles. The maximum Gasteiger partial charge on any atom is 0.319 e. The summed E-state index contributed by atoms with van der Waals surface area (Å²) < 4.78 is 5.28. The van der Waals surface area contributed by atoms with Crippen LogP contribution in [0.5, 0.6) is 0 Å². The van der Waals surface area contributed by atoms with Gasteiger partial charge in [0.2, 0.25) is 0 Å². The van der Waals surface area contributed by atoms with Crippen molar-refractivity contribution in [2.24, 2.45) is 0 Å². The van der Waals surface area contributed by atoms with Crippen molar-refractivity contribution in [2.45, 2.75) is 33.4 Å². The highest BCUT2D eigenvalue weighted by molar-refractivity contribution is 7.11. The number of benzene rings is 1. The zero-order valence-corrected chi connectivity index (χ0v) is 14.1. The van der Waals surface area contributed by atoms with E-state index in [2.05, 4.69) is 15.6 Å². The summed E-state index contributed by atoms with van der Waals surface area (Å²) in [7, 11) is 1.66. The molecule has 1 atom stereocenters. The van der Waals surface area contributed by atoms with Gasteiger partial charge in [0, 0.05) is 17.7 Å². The highest BCUT2D eigenvalue weighted by Crippen LogP contribution is 2.20. The van der Waals surface area contributed by atoms with Gasteiger partial charge in [-0.15, -0.1) is 11.3 Å². The lowest BCUT2D eigenvalue weighted by atomic mass is 10.1. The summed E-state index contributed by atoms with van der Waals surface area (Å²) in [5.41, 5.74) is 2.74. The van der Waals surface area contributed by atoms with E-state index < -0.39 is 0 Å². The Bertz CT molecular complexity index is 655. The predicted molar refractivity (Wildman–Crippen MR) is 89.3 cm³/mol. The second kappa shape index (κ2) is 7.38. The van der Waals surface area contributed by atoms with Crippen LogP contribution in [0.3, 0.4) is 0 Å². The number of aromatic nitrogens is 1. The number of thiazole rings is 1. The fraction of sp³-hybridized carbons (Fsp3) is 0.375. The number of anilines is 1. The average molecular weight is 319 g/mol. The van der Waals surface area contributed by atoms with Crippen molar-refractivity contribution in [3.63, 3.8) is 0 Å². The Kier molecular flexibility index (Phi) is 5.51. The van der Waals surface area contributed by atoms with Crippen LogP contribution in [0.2, 0.25) is 0 Å². The summed E-state index contributed by atoms with van der Waals surface area (Å²) in [4.78, 5) is 17.4. The minimum atomic E-state index is -0.229. The molecule has 1 aromatic carbocycles. The van der Waals surface area contributed by atoms with Crippen LogP contribution in [-0.4, -0.2) is 18.1 Å². The monoisotopic (exact) mass is 319 g/mol. The second-order valence-electron chi connectivity index (χ2n) is 5.05. The van der Waals surface area contributed by atoms with Crippen molar-refractivity contribution in [1.29, 1.82) is 0 Å². The van der Waals surface area contributed by atoms with Gasteiger partial charge in [-0.05, 0) is 38.5 Å². The first kappa shape index (κ1) is 16.5. The van der Waals surface area contributed by atoms with E-state index in [4.69, 9.17) is 4.74 Å². The molecule has 0 unspecified atom stereocenters. The minimum Gasteiger partial charge on any atom is -0.377 e. The van der Waals surface area contributed by atoms with E-state index in [1.807, 2.05) is 45.0 Å². The summed E-state index contributed by atoms with van der Waals surface area (Å²) in [5.74, 6) is 0. The van der Waals surface area contributed by atoms with Crippen molar-refractivity contribution in [3.05, 3.63) is 45.4 Å². The van der Waals surface area contributed by atoms with E-state index in [9.17, 15) is 4.79 Å². The van der Waals surface area contributed by atoms with Crippen LogP contribution in [0.1, 0.15) is 34.2 Å². The Labute approximate surface area is 134 Å². The van der Waals surface area contributed by atoms with Gasteiger partial charge in [0.1, 0.15) is 0 Å². The smallest absolute Gasteiger partial charge is 0.319 e. The van der Waals surface area contributed by atoms with Crippen LogP contribution >= 0.6 is 11.3 Å². The van der Waals surface area contributed by atoms with Gasteiger partial charge in [-0.1, -0.05) is 12.1 Å². The number of hydrogen-bond acceptors (Lipinski definition) is 4. The number of carbonyl (C=O) groups is 1. The number of rotatable bonds is 5. The van der Waals surface area contributed by atoms with Gasteiger partial charge in [0.15, 0.2) is 0 Å². The third-order valence-electron chi connectivity index (χ3n) is 3.38. The van der Waals surface area contributed by atoms with Gasteiger partial charge in [-0.2, -0.15) is 0 Å². The zero-order chi connectivity index (χ0) is 16.1. The molecule has 22 heavy (non-hydrogen) atoms. The molecule has 0 fully saturated rings. The van der Waals surface area contributed by atoms with Gasteiger partial charge in [0.05, 0.1) is 23.4 Å². The van der Waals surface area contributed by atoms with E-state index in [0.29, 0.717) is 6.54 Å². The van der Waals surface area contributed by atoms with E-state index in [-0.39, 0.29) is 12.1 Å². The van der Waals surface area contributed by atoms with Crippen LogP contribution in [0.4, 0.5) is 10.5 Å². The molecule has 5 nitrogen and oxygen atoms in total. The molecule has 0 aliphatic rings. The Balaban J connectivity index is 1.93. The average Bonchev–Trinajstić information content (AvgIpc) is 2.82. The van der Waals surface area contributed by atoms with Crippen LogP contribution < -0.4 is 10.6 Å². The Morgan fingerprint density at radius 2 is 2.18 bits per heavy atom. The van der Waals surface area contributed by atoms with Crippen LogP contribution in [0.25, 0.3) is 0 Å². The Morgan fingerprint density at radius 3 is 2.82 bits per heavy atom. The van der Waals surface area contributed by atoms with E-state index in [1.54, 1.807) is 18.4 Å². The lowest BCUT2D eigenvalue weighted by Gasteiger charge is -2.12. The standard InChI is InChI=1S/C16H21N3O2S/c1-10-15(22-12(3)18-10)9-17-16(20)19-14-7-5-6-13(8-14)11(2)21-4/h5-8,11H,9H2,1-4H3,(H2,17,19,20)/t11-/m1/s1. The number of carbonyl (C=O) groups excluding carboxylic acids is 1. The largest absolute Gasteiger partial charge is 0.377 e. The van der Waals surface area contributed by atoms with Gasteiger partial charge < -0.3 is 15.4 Å². The minimum absolute atomic E-state index is 0.00682. The molecule has 2 N–H and O–H groups in total. The molecule has 2 rings (SSSR count). The number of urea groups is 1. The fourth-order valence-electron chi connectivity index (χ4n) is 2.08. The molecular formula is C16H21N3O2S. The van der Waals surface area contributed by atoms with E-state index >= 15 is 0 Å². The van der Waals surface area contributed by atoms with Crippen molar-refractivity contribution < 1.29 is 9.53 Å². The molecule has 1 heterocycles. The summed E-state index contributed by atoms with van der Waals surface area (Å²) in [6.07, 6.45) is -0.00682. The molecule has 0 aliphatic heterocycles. The number of methoxy groups -OCH3 is 1. The molecule has 0 bridgehead atoms. The van der Waals surface area contributed by atoms with Crippen molar-refractivity contribution in [2.75, 3.05) is 12.4 Å². The first-order valence-electron chi connectivity index (χ1n) is 7.10. The first-order chi connectivity index (χ1) is 10.5. The second-order valence-corrected chi connectivity index (χ2v) is 6.34. The molecule has 118 valence electrons. The van der Waals surface area contributed by atoms with Crippen LogP contribution in [0.15, 0.2) is 24.3 Å². The topological polar surface area (TPSA) is 63.2 Å². The van der Waals surface area contributed by atoms with Crippen molar-refractivity contribution in [1.82, 2.24) is 10.3 Å². The number of ether oxygens (including phenoxy) is 1. The molecular weight excluding hydrogens is 298 g/mol. The SMILES string of the molecule is CO[C@H](C)c1cccc(NC(=O)NCc2sc(C)nc2C)c1. The van der Waals surface area contributed by atoms with Crippen molar-refractivity contribution in [3.8, 4) is 0 Å². The third kappa shape index (κ3) is 4.29. The van der Waals surface area contributed by atoms with E-state index in [1.165, 1.54) is 0 Å². The van der Waals surface area contributed by atoms with Gasteiger partial charge in [0.25, 0.3) is 0 Å². The number of hydrogen-bond donors (Lipinski definition) is 2. The third-order valence-corrected chi connectivity index (χ3v) is 4.45. The van der Waals surface area contributed by atoms with Gasteiger partial charge >= 0.3 is 6.03 Å². The predicted octanol–water partition coefficient (Wildman–Crippen LogP) is 3.79. The zero-order valence-electron chi connectivity index (χ0n) is 13.3. The number of aryl methyl sites for hydroxylation is 2.